The number of hydrogen-bond acceptors (Lipinski definition) is 8. The van der Waals surface area contributed by atoms with E-state index in [2.05, 4.69) is 24.8 Å². The lowest BCUT2D eigenvalue weighted by molar-refractivity contribution is -0.142. The number of nitrogens with one attached hydrogen (secondary N) is 1. The molecule has 4 heterocycles. The van der Waals surface area contributed by atoms with Gasteiger partial charge < -0.3 is 14.1 Å². The van der Waals surface area contributed by atoms with Gasteiger partial charge in [0.25, 0.3) is 5.56 Å². The van der Waals surface area contributed by atoms with Gasteiger partial charge in [0.15, 0.2) is 0 Å². The standard InChI is InChI=1S/C19H19N5O4/c1-12(25)27-10-15-3-2-14(28-15)8-24-5-4-17-16(9-24)19(26)23-18(22-17)13-6-20-11-21-7-13/h2-3,6-7,11H,4-5,8-10H2,1H3,(H,22,23,26). The third-order valence-corrected chi connectivity index (χ3v) is 4.50. The predicted molar refractivity (Wildman–Crippen MR) is 97.9 cm³/mol. The van der Waals surface area contributed by atoms with Gasteiger partial charge >= 0.3 is 5.97 Å². The topological polar surface area (TPSA) is 114 Å². The Morgan fingerprint density at radius 2 is 2.07 bits per heavy atom. The Morgan fingerprint density at radius 1 is 1.29 bits per heavy atom. The van der Waals surface area contributed by atoms with E-state index in [9.17, 15) is 9.59 Å². The molecule has 0 atom stereocenters. The molecule has 3 aromatic heterocycles. The number of ether oxygens (including phenoxy) is 1. The third-order valence-electron chi connectivity index (χ3n) is 4.50. The van der Waals surface area contributed by atoms with Gasteiger partial charge in [-0.3, -0.25) is 14.5 Å². The van der Waals surface area contributed by atoms with Crippen molar-refractivity contribution in [2.75, 3.05) is 6.54 Å². The van der Waals surface area contributed by atoms with E-state index in [-0.39, 0.29) is 18.1 Å². The van der Waals surface area contributed by atoms with Crippen LogP contribution in [0.1, 0.15) is 29.7 Å². The molecule has 9 nitrogen and oxygen atoms in total. The Bertz CT molecular complexity index is 1040. The smallest absolute Gasteiger partial charge is 0.303 e. The van der Waals surface area contributed by atoms with E-state index < -0.39 is 0 Å². The quantitative estimate of drug-likeness (QED) is 0.661. The maximum Gasteiger partial charge on any atom is 0.303 e. The summed E-state index contributed by atoms with van der Waals surface area (Å²) < 4.78 is 10.6. The van der Waals surface area contributed by atoms with Crippen LogP contribution in [0.15, 0.2) is 40.1 Å². The lowest BCUT2D eigenvalue weighted by Gasteiger charge is -2.26. The number of nitrogens with zero attached hydrogens (tertiary/aromatic N) is 4. The number of fused-ring (bicyclic) bond motifs is 1. The molecular formula is C19H19N5O4. The Labute approximate surface area is 160 Å². The SMILES string of the molecule is CC(=O)OCc1ccc(CN2CCc3nc(-c4cncnc4)[nH]c(=O)c3C2)o1. The number of aromatic nitrogens is 4. The van der Waals surface area contributed by atoms with Crippen molar-refractivity contribution in [1.29, 1.82) is 0 Å². The van der Waals surface area contributed by atoms with E-state index in [1.807, 2.05) is 6.07 Å². The summed E-state index contributed by atoms with van der Waals surface area (Å²) in [6.45, 7) is 3.29. The van der Waals surface area contributed by atoms with Gasteiger partial charge in [-0.05, 0) is 12.1 Å². The van der Waals surface area contributed by atoms with Crippen LogP contribution in [0.25, 0.3) is 11.4 Å². The van der Waals surface area contributed by atoms with Crippen LogP contribution in [0.4, 0.5) is 0 Å². The lowest BCUT2D eigenvalue weighted by atomic mass is 10.1. The molecule has 0 fully saturated rings. The largest absolute Gasteiger partial charge is 0.461 e. The van der Waals surface area contributed by atoms with Gasteiger partial charge in [0.2, 0.25) is 0 Å². The van der Waals surface area contributed by atoms with Crippen LogP contribution in [0.3, 0.4) is 0 Å². The molecule has 0 saturated carbocycles. The highest BCUT2D eigenvalue weighted by Crippen LogP contribution is 2.20. The van der Waals surface area contributed by atoms with Crippen LogP contribution >= 0.6 is 0 Å². The monoisotopic (exact) mass is 381 g/mol. The van der Waals surface area contributed by atoms with Crippen molar-refractivity contribution in [3.63, 3.8) is 0 Å². The molecule has 1 N–H and O–H groups in total. The zero-order valence-corrected chi connectivity index (χ0v) is 15.3. The number of furan rings is 1. The summed E-state index contributed by atoms with van der Waals surface area (Å²) in [6, 6.07) is 3.65. The average molecular weight is 381 g/mol. The van der Waals surface area contributed by atoms with Crippen molar-refractivity contribution >= 4 is 5.97 Å². The first kappa shape index (κ1) is 18.1. The average Bonchev–Trinajstić information content (AvgIpc) is 3.15. The summed E-state index contributed by atoms with van der Waals surface area (Å²) in [7, 11) is 0. The maximum atomic E-state index is 12.6. The molecule has 144 valence electrons. The third kappa shape index (κ3) is 3.99. The number of H-pyrrole nitrogens is 1. The molecule has 0 bridgehead atoms. The number of aromatic amines is 1. The van der Waals surface area contributed by atoms with E-state index in [0.29, 0.717) is 42.2 Å². The fraction of sp³-hybridized carbons (Fsp3) is 0.316. The molecule has 3 aromatic rings. The molecule has 28 heavy (non-hydrogen) atoms. The van der Waals surface area contributed by atoms with E-state index in [0.717, 1.165) is 18.0 Å². The van der Waals surface area contributed by atoms with E-state index in [1.54, 1.807) is 18.5 Å². The van der Waals surface area contributed by atoms with Crippen LogP contribution in [0.5, 0.6) is 0 Å². The summed E-state index contributed by atoms with van der Waals surface area (Å²) in [5, 5.41) is 0. The highest BCUT2D eigenvalue weighted by atomic mass is 16.5. The minimum absolute atomic E-state index is 0.119. The van der Waals surface area contributed by atoms with Crippen molar-refractivity contribution in [2.45, 2.75) is 33.0 Å². The van der Waals surface area contributed by atoms with Crippen LogP contribution in [0.2, 0.25) is 0 Å². The summed E-state index contributed by atoms with van der Waals surface area (Å²) in [6.07, 6.45) is 5.35. The normalized spacial score (nSPS) is 13.9. The zero-order chi connectivity index (χ0) is 19.5. The first-order chi connectivity index (χ1) is 13.6. The summed E-state index contributed by atoms with van der Waals surface area (Å²) >= 11 is 0. The fourth-order valence-corrected chi connectivity index (χ4v) is 3.15. The molecule has 0 amide bonds. The highest BCUT2D eigenvalue weighted by molar-refractivity contribution is 5.65. The second kappa shape index (κ2) is 7.73. The molecular weight excluding hydrogens is 362 g/mol. The molecule has 1 aliphatic rings. The summed E-state index contributed by atoms with van der Waals surface area (Å²) in [5.74, 6) is 1.49. The minimum Gasteiger partial charge on any atom is -0.461 e. The Hall–Kier alpha value is -3.33. The molecule has 0 aromatic carbocycles. The molecule has 1 aliphatic heterocycles. The molecule has 4 rings (SSSR count). The number of carbonyl (C=O) groups is 1. The van der Waals surface area contributed by atoms with Crippen molar-refractivity contribution < 1.29 is 13.9 Å². The van der Waals surface area contributed by atoms with Crippen molar-refractivity contribution in [1.82, 2.24) is 24.8 Å². The number of rotatable bonds is 5. The van der Waals surface area contributed by atoms with Gasteiger partial charge in [-0.2, -0.15) is 0 Å². The first-order valence-electron chi connectivity index (χ1n) is 8.89. The Kier molecular flexibility index (Phi) is 4.98. The number of esters is 1. The van der Waals surface area contributed by atoms with Crippen molar-refractivity contribution in [2.24, 2.45) is 0 Å². The van der Waals surface area contributed by atoms with Crippen LogP contribution < -0.4 is 5.56 Å². The van der Waals surface area contributed by atoms with E-state index in [1.165, 1.54) is 13.3 Å². The molecule has 0 spiro atoms. The van der Waals surface area contributed by atoms with E-state index in [4.69, 9.17) is 9.15 Å². The Balaban J connectivity index is 1.46. The highest BCUT2D eigenvalue weighted by Gasteiger charge is 2.22. The summed E-state index contributed by atoms with van der Waals surface area (Å²) in [4.78, 5) is 40.9. The first-order valence-corrected chi connectivity index (χ1v) is 8.89. The van der Waals surface area contributed by atoms with Gasteiger partial charge in [-0.15, -0.1) is 0 Å². The molecule has 9 heteroatoms. The molecule has 0 saturated heterocycles. The van der Waals surface area contributed by atoms with Crippen LogP contribution in [-0.4, -0.2) is 37.3 Å². The number of carbonyl (C=O) groups excluding carboxylic acids is 1. The fourth-order valence-electron chi connectivity index (χ4n) is 3.15. The maximum absolute atomic E-state index is 12.6. The van der Waals surface area contributed by atoms with Gasteiger partial charge in [-0.25, -0.2) is 15.0 Å². The second-order valence-corrected chi connectivity index (χ2v) is 6.58. The molecule has 0 radical (unpaired) electrons. The van der Waals surface area contributed by atoms with Gasteiger partial charge in [0.1, 0.15) is 30.3 Å². The lowest BCUT2D eigenvalue weighted by Crippen LogP contribution is -2.35. The predicted octanol–water partition coefficient (Wildman–Crippen LogP) is 1.44. The summed E-state index contributed by atoms with van der Waals surface area (Å²) in [5.41, 5.74) is 2.00. The zero-order valence-electron chi connectivity index (χ0n) is 15.3. The second-order valence-electron chi connectivity index (χ2n) is 6.58. The van der Waals surface area contributed by atoms with E-state index >= 15 is 0 Å². The van der Waals surface area contributed by atoms with Gasteiger partial charge in [0.05, 0.1) is 23.4 Å². The number of hydrogen-bond donors (Lipinski definition) is 1. The van der Waals surface area contributed by atoms with Crippen LogP contribution in [-0.2, 0) is 35.6 Å². The van der Waals surface area contributed by atoms with Crippen LogP contribution in [0, 0.1) is 0 Å². The molecule has 0 aliphatic carbocycles. The van der Waals surface area contributed by atoms with Crippen molar-refractivity contribution in [3.05, 3.63) is 64.0 Å². The van der Waals surface area contributed by atoms with Crippen molar-refractivity contribution in [3.8, 4) is 11.4 Å². The Morgan fingerprint density at radius 3 is 2.86 bits per heavy atom. The van der Waals surface area contributed by atoms with Gasteiger partial charge in [0, 0.05) is 38.8 Å². The molecule has 0 unspecified atom stereocenters. The minimum atomic E-state index is -0.348. The van der Waals surface area contributed by atoms with Gasteiger partial charge in [-0.1, -0.05) is 0 Å².